The first-order valence-corrected chi connectivity index (χ1v) is 12.6. The van der Waals surface area contributed by atoms with Gasteiger partial charge in [-0.2, -0.15) is 0 Å². The Morgan fingerprint density at radius 2 is 1.50 bits per heavy atom. The largest absolute Gasteiger partial charge is 0.507 e. The van der Waals surface area contributed by atoms with E-state index < -0.39 is 101 Å². The Balaban J connectivity index is 1.61. The van der Waals surface area contributed by atoms with Gasteiger partial charge in [0.2, 0.25) is 23.8 Å². The SMILES string of the molecule is O=c1c(O[C@@H]2OC(CO)[C@@H](O)C(O)C2O)c(-c2ccc(O)c(O)c2)oc2cc(O[C@@H]3OC[C@H](O)[C@H](O)C3O)cc(O)c12. The van der Waals surface area contributed by atoms with Crippen LogP contribution in [0.15, 0.2) is 39.5 Å². The van der Waals surface area contributed by atoms with Gasteiger partial charge in [-0.25, -0.2) is 0 Å². The minimum atomic E-state index is -1.92. The second-order valence-electron chi connectivity index (χ2n) is 9.79. The number of hydrogen-bond acceptors (Lipinski definition) is 16. The standard InChI is InChI=1S/C26H28O16/c27-6-15-18(33)20(35)22(37)26(41-15)42-24-19(34)16-12(30)4-9(39-25-21(36)17(32)13(31)7-38-25)5-14(16)40-23(24)8-1-2-10(28)11(29)3-8/h1-5,13,15,17-18,20-22,25-33,35-37H,6-7H2/t13-,15?,17-,18+,20?,21?,22?,25-,26-/m0/s1. The molecule has 16 heteroatoms. The van der Waals surface area contributed by atoms with Crippen molar-refractivity contribution in [2.75, 3.05) is 13.2 Å². The van der Waals surface area contributed by atoms with E-state index >= 15 is 0 Å². The third kappa shape index (κ3) is 5.31. The first-order valence-electron chi connectivity index (χ1n) is 12.6. The van der Waals surface area contributed by atoms with Crippen LogP contribution in [-0.4, -0.2) is 120 Å². The molecule has 0 radical (unpaired) electrons. The van der Waals surface area contributed by atoms with Crippen LogP contribution in [-0.2, 0) is 9.47 Å². The average molecular weight is 596 g/mol. The number of phenolic OH excluding ortho intramolecular Hbond substituents is 3. The zero-order valence-corrected chi connectivity index (χ0v) is 21.4. The van der Waals surface area contributed by atoms with Crippen LogP contribution in [0.3, 0.4) is 0 Å². The molecule has 0 bridgehead atoms. The van der Waals surface area contributed by atoms with Crippen molar-refractivity contribution >= 4 is 11.0 Å². The highest BCUT2D eigenvalue weighted by Crippen LogP contribution is 2.40. The number of benzene rings is 2. The van der Waals surface area contributed by atoms with Gasteiger partial charge in [0, 0.05) is 17.7 Å². The second kappa shape index (κ2) is 11.5. The van der Waals surface area contributed by atoms with E-state index in [4.69, 9.17) is 23.4 Å². The molecule has 2 aromatic carbocycles. The summed E-state index contributed by atoms with van der Waals surface area (Å²) in [6.07, 6.45) is -14.8. The lowest BCUT2D eigenvalue weighted by Crippen LogP contribution is -2.60. The van der Waals surface area contributed by atoms with Gasteiger partial charge in [-0.05, 0) is 18.2 Å². The smallest absolute Gasteiger partial charge is 0.239 e. The second-order valence-corrected chi connectivity index (χ2v) is 9.79. The molecule has 5 rings (SSSR count). The normalized spacial score (nSPS) is 31.6. The molecule has 0 amide bonds. The van der Waals surface area contributed by atoms with Crippen LogP contribution >= 0.6 is 0 Å². The van der Waals surface area contributed by atoms with Gasteiger partial charge in [0.15, 0.2) is 17.3 Å². The molecule has 2 saturated heterocycles. The number of aliphatic hydroxyl groups is 7. The molecular weight excluding hydrogens is 568 g/mol. The number of phenols is 3. The highest BCUT2D eigenvalue weighted by molar-refractivity contribution is 5.88. The minimum Gasteiger partial charge on any atom is -0.507 e. The summed E-state index contributed by atoms with van der Waals surface area (Å²) < 4.78 is 27.5. The monoisotopic (exact) mass is 596 g/mol. The van der Waals surface area contributed by atoms with Gasteiger partial charge in [0.05, 0.1) is 13.2 Å². The van der Waals surface area contributed by atoms with Crippen LogP contribution in [0.5, 0.6) is 28.7 Å². The van der Waals surface area contributed by atoms with E-state index in [9.17, 15) is 55.9 Å². The Bertz CT molecular complexity index is 1500. The maximum Gasteiger partial charge on any atom is 0.239 e. The van der Waals surface area contributed by atoms with Gasteiger partial charge < -0.3 is 74.4 Å². The van der Waals surface area contributed by atoms with Gasteiger partial charge in [-0.15, -0.1) is 0 Å². The van der Waals surface area contributed by atoms with Gasteiger partial charge in [0.25, 0.3) is 0 Å². The molecule has 9 atom stereocenters. The zero-order chi connectivity index (χ0) is 30.5. The molecule has 3 aromatic rings. The van der Waals surface area contributed by atoms with Crippen LogP contribution in [0, 0.1) is 0 Å². The number of hydrogen-bond donors (Lipinski definition) is 10. The first kappa shape index (κ1) is 29.8. The molecule has 2 aliphatic heterocycles. The van der Waals surface area contributed by atoms with Crippen molar-refractivity contribution in [2.45, 2.75) is 55.3 Å². The zero-order valence-electron chi connectivity index (χ0n) is 21.4. The maximum absolute atomic E-state index is 13.7. The Morgan fingerprint density at radius 3 is 2.19 bits per heavy atom. The molecule has 42 heavy (non-hydrogen) atoms. The first-order chi connectivity index (χ1) is 19.9. The fraction of sp³-hybridized carbons (Fsp3) is 0.423. The quantitative estimate of drug-likeness (QED) is 0.133. The third-order valence-corrected chi connectivity index (χ3v) is 6.93. The fourth-order valence-electron chi connectivity index (χ4n) is 4.59. The molecule has 2 aliphatic rings. The summed E-state index contributed by atoms with van der Waals surface area (Å²) in [6.45, 7) is -1.15. The van der Waals surface area contributed by atoms with E-state index in [-0.39, 0.29) is 23.5 Å². The molecule has 3 heterocycles. The van der Waals surface area contributed by atoms with Crippen LogP contribution in [0.25, 0.3) is 22.3 Å². The van der Waals surface area contributed by atoms with E-state index in [1.54, 1.807) is 0 Å². The number of rotatable bonds is 6. The lowest BCUT2D eigenvalue weighted by molar-refractivity contribution is -0.277. The molecule has 2 fully saturated rings. The Labute approximate surface area is 235 Å². The van der Waals surface area contributed by atoms with Crippen LogP contribution in [0.4, 0.5) is 0 Å². The summed E-state index contributed by atoms with van der Waals surface area (Å²) in [5.74, 6) is -3.13. The molecular formula is C26H28O16. The molecule has 0 spiro atoms. The Kier molecular flexibility index (Phi) is 8.17. The maximum atomic E-state index is 13.7. The number of ether oxygens (including phenoxy) is 4. The third-order valence-electron chi connectivity index (χ3n) is 6.93. The number of fused-ring (bicyclic) bond motifs is 1. The summed E-state index contributed by atoms with van der Waals surface area (Å²) in [6, 6.07) is 5.42. The van der Waals surface area contributed by atoms with Gasteiger partial charge in [-0.3, -0.25) is 4.79 Å². The molecule has 228 valence electrons. The summed E-state index contributed by atoms with van der Waals surface area (Å²) in [5, 5.41) is 100. The van der Waals surface area contributed by atoms with Gasteiger partial charge in [0.1, 0.15) is 65.2 Å². The predicted molar refractivity (Wildman–Crippen MR) is 136 cm³/mol. The molecule has 0 aliphatic carbocycles. The van der Waals surface area contributed by atoms with E-state index in [0.717, 1.165) is 24.3 Å². The predicted octanol–water partition coefficient (Wildman–Crippen LogP) is -2.43. The average Bonchev–Trinajstić information content (AvgIpc) is 2.96. The summed E-state index contributed by atoms with van der Waals surface area (Å²) >= 11 is 0. The van der Waals surface area contributed by atoms with Crippen LogP contribution < -0.4 is 14.9 Å². The fourth-order valence-corrected chi connectivity index (χ4v) is 4.59. The van der Waals surface area contributed by atoms with E-state index in [1.165, 1.54) is 6.07 Å². The van der Waals surface area contributed by atoms with E-state index in [2.05, 4.69) is 0 Å². The topological polar surface area (TPSA) is 269 Å². The number of aromatic hydroxyl groups is 3. The lowest BCUT2D eigenvalue weighted by Gasteiger charge is -2.39. The summed E-state index contributed by atoms with van der Waals surface area (Å²) in [4.78, 5) is 13.7. The molecule has 10 N–H and O–H groups in total. The van der Waals surface area contributed by atoms with Crippen molar-refractivity contribution < 1.29 is 74.4 Å². The highest BCUT2D eigenvalue weighted by Gasteiger charge is 2.45. The van der Waals surface area contributed by atoms with Gasteiger partial charge >= 0.3 is 0 Å². The molecule has 1 aromatic heterocycles. The van der Waals surface area contributed by atoms with Crippen molar-refractivity contribution in [3.05, 3.63) is 40.6 Å². The minimum absolute atomic E-state index is 0.0437. The van der Waals surface area contributed by atoms with Crippen LogP contribution in [0.1, 0.15) is 0 Å². The summed E-state index contributed by atoms with van der Waals surface area (Å²) in [5.41, 5.74) is -1.39. The van der Waals surface area contributed by atoms with Crippen molar-refractivity contribution in [1.82, 2.24) is 0 Å². The summed E-state index contributed by atoms with van der Waals surface area (Å²) in [7, 11) is 0. The highest BCUT2D eigenvalue weighted by atomic mass is 16.7. The lowest BCUT2D eigenvalue weighted by atomic mass is 9.99. The van der Waals surface area contributed by atoms with Crippen molar-refractivity contribution in [3.63, 3.8) is 0 Å². The van der Waals surface area contributed by atoms with Crippen molar-refractivity contribution in [2.24, 2.45) is 0 Å². The van der Waals surface area contributed by atoms with Crippen molar-refractivity contribution in [3.8, 4) is 40.1 Å². The Hall–Kier alpha value is -3.71. The molecule has 0 saturated carbocycles. The molecule has 16 nitrogen and oxygen atoms in total. The van der Waals surface area contributed by atoms with Gasteiger partial charge in [-0.1, -0.05) is 0 Å². The van der Waals surface area contributed by atoms with Crippen molar-refractivity contribution in [1.29, 1.82) is 0 Å². The number of aliphatic hydroxyl groups excluding tert-OH is 7. The van der Waals surface area contributed by atoms with Crippen LogP contribution in [0.2, 0.25) is 0 Å². The van der Waals surface area contributed by atoms with E-state index in [0.29, 0.717) is 0 Å². The Morgan fingerprint density at radius 1 is 0.786 bits per heavy atom. The molecule has 4 unspecified atom stereocenters. The van der Waals surface area contributed by atoms with E-state index in [1.807, 2.05) is 0 Å².